The van der Waals surface area contributed by atoms with Gasteiger partial charge in [0.25, 0.3) is 0 Å². The van der Waals surface area contributed by atoms with Crippen molar-refractivity contribution in [2.24, 2.45) is 0 Å². The van der Waals surface area contributed by atoms with Crippen molar-refractivity contribution in [1.29, 1.82) is 0 Å². The SMILES string of the molecule is Cc1ccc(Nc2ccc(C)c(Cl)c2)c(C(=O)O)c1. The Morgan fingerprint density at radius 1 is 1.16 bits per heavy atom. The second kappa shape index (κ2) is 5.33. The molecule has 0 saturated heterocycles. The molecule has 0 aliphatic rings. The van der Waals surface area contributed by atoms with Crippen LogP contribution in [0.4, 0.5) is 11.4 Å². The molecule has 0 unspecified atom stereocenters. The monoisotopic (exact) mass is 275 g/mol. The third kappa shape index (κ3) is 3.06. The van der Waals surface area contributed by atoms with Crippen LogP contribution in [-0.4, -0.2) is 11.1 Å². The number of aromatic carboxylic acids is 1. The second-order valence-corrected chi connectivity index (χ2v) is 4.85. The molecule has 2 aromatic carbocycles. The van der Waals surface area contributed by atoms with Crippen LogP contribution in [0.25, 0.3) is 0 Å². The van der Waals surface area contributed by atoms with Gasteiger partial charge in [0.15, 0.2) is 0 Å². The van der Waals surface area contributed by atoms with Gasteiger partial charge in [-0.2, -0.15) is 0 Å². The van der Waals surface area contributed by atoms with E-state index in [1.807, 2.05) is 32.0 Å². The Hall–Kier alpha value is -2.00. The van der Waals surface area contributed by atoms with Gasteiger partial charge in [-0.05, 0) is 43.7 Å². The Kier molecular flexibility index (Phi) is 3.76. The standard InChI is InChI=1S/C15H14ClNO2/c1-9-3-6-14(12(7-9)15(18)19)17-11-5-4-10(2)13(16)8-11/h3-8,17H,1-2H3,(H,18,19). The summed E-state index contributed by atoms with van der Waals surface area (Å²) >= 11 is 6.05. The van der Waals surface area contributed by atoms with Crippen molar-refractivity contribution in [3.8, 4) is 0 Å². The molecule has 2 aromatic rings. The van der Waals surface area contributed by atoms with Crippen molar-refractivity contribution in [1.82, 2.24) is 0 Å². The highest BCUT2D eigenvalue weighted by Gasteiger charge is 2.10. The lowest BCUT2D eigenvalue weighted by molar-refractivity contribution is 0.0698. The van der Waals surface area contributed by atoms with Crippen molar-refractivity contribution in [3.63, 3.8) is 0 Å². The molecule has 0 bridgehead atoms. The van der Waals surface area contributed by atoms with Crippen LogP contribution in [0.3, 0.4) is 0 Å². The molecule has 0 aromatic heterocycles. The van der Waals surface area contributed by atoms with E-state index in [1.54, 1.807) is 18.2 Å². The van der Waals surface area contributed by atoms with E-state index < -0.39 is 5.97 Å². The fourth-order valence-corrected chi connectivity index (χ4v) is 1.95. The van der Waals surface area contributed by atoms with E-state index in [-0.39, 0.29) is 5.56 Å². The number of benzene rings is 2. The fraction of sp³-hybridized carbons (Fsp3) is 0.133. The van der Waals surface area contributed by atoms with Crippen molar-refractivity contribution >= 4 is 28.9 Å². The van der Waals surface area contributed by atoms with Crippen molar-refractivity contribution in [2.75, 3.05) is 5.32 Å². The summed E-state index contributed by atoms with van der Waals surface area (Å²) in [7, 11) is 0. The van der Waals surface area contributed by atoms with Crippen LogP contribution in [0, 0.1) is 13.8 Å². The van der Waals surface area contributed by atoms with Gasteiger partial charge in [0.2, 0.25) is 0 Å². The summed E-state index contributed by atoms with van der Waals surface area (Å²) in [6.45, 7) is 3.78. The third-order valence-corrected chi connectivity index (χ3v) is 3.26. The van der Waals surface area contributed by atoms with Gasteiger partial charge in [-0.15, -0.1) is 0 Å². The molecular weight excluding hydrogens is 262 g/mol. The Morgan fingerprint density at radius 3 is 2.53 bits per heavy atom. The normalized spacial score (nSPS) is 10.3. The summed E-state index contributed by atoms with van der Waals surface area (Å²) in [5.41, 5.74) is 3.45. The van der Waals surface area contributed by atoms with Gasteiger partial charge in [0, 0.05) is 10.7 Å². The maximum absolute atomic E-state index is 11.2. The third-order valence-electron chi connectivity index (χ3n) is 2.86. The van der Waals surface area contributed by atoms with Gasteiger partial charge in [-0.3, -0.25) is 0 Å². The Labute approximate surface area is 116 Å². The smallest absolute Gasteiger partial charge is 0.337 e. The Bertz CT molecular complexity index is 638. The molecule has 2 rings (SSSR count). The summed E-state index contributed by atoms with van der Waals surface area (Å²) < 4.78 is 0. The van der Waals surface area contributed by atoms with E-state index in [9.17, 15) is 9.90 Å². The number of anilines is 2. The zero-order valence-electron chi connectivity index (χ0n) is 10.7. The lowest BCUT2D eigenvalue weighted by Gasteiger charge is -2.11. The second-order valence-electron chi connectivity index (χ2n) is 4.44. The molecule has 19 heavy (non-hydrogen) atoms. The molecule has 0 aliphatic heterocycles. The summed E-state index contributed by atoms with van der Waals surface area (Å²) in [6.07, 6.45) is 0. The molecule has 0 atom stereocenters. The molecule has 0 aliphatic carbocycles. The number of rotatable bonds is 3. The topological polar surface area (TPSA) is 49.3 Å². The predicted octanol–water partition coefficient (Wildman–Crippen LogP) is 4.40. The van der Waals surface area contributed by atoms with E-state index in [0.29, 0.717) is 10.7 Å². The largest absolute Gasteiger partial charge is 0.478 e. The molecule has 0 fully saturated rings. The van der Waals surface area contributed by atoms with Crippen molar-refractivity contribution < 1.29 is 9.90 Å². The van der Waals surface area contributed by atoms with Crippen LogP contribution in [0.1, 0.15) is 21.5 Å². The Balaban J connectivity index is 2.37. The number of carbonyl (C=O) groups is 1. The summed E-state index contributed by atoms with van der Waals surface area (Å²) in [6, 6.07) is 10.8. The van der Waals surface area contributed by atoms with Crippen LogP contribution in [0.15, 0.2) is 36.4 Å². The minimum absolute atomic E-state index is 0.247. The lowest BCUT2D eigenvalue weighted by atomic mass is 10.1. The molecule has 0 amide bonds. The maximum atomic E-state index is 11.2. The van der Waals surface area contributed by atoms with Crippen molar-refractivity contribution in [2.45, 2.75) is 13.8 Å². The van der Waals surface area contributed by atoms with Crippen LogP contribution in [0.5, 0.6) is 0 Å². The molecular formula is C15H14ClNO2. The summed E-state index contributed by atoms with van der Waals surface area (Å²) in [4.78, 5) is 11.2. The quantitative estimate of drug-likeness (QED) is 0.873. The van der Waals surface area contributed by atoms with E-state index in [4.69, 9.17) is 11.6 Å². The first-order chi connectivity index (χ1) is 8.97. The number of carboxylic acid groups (broad SMARTS) is 1. The average Bonchev–Trinajstić information content (AvgIpc) is 2.36. The number of aryl methyl sites for hydroxylation is 2. The van der Waals surface area contributed by atoms with E-state index in [0.717, 1.165) is 16.8 Å². The summed E-state index contributed by atoms with van der Waals surface area (Å²) in [5.74, 6) is -0.954. The molecule has 2 N–H and O–H groups in total. The highest BCUT2D eigenvalue weighted by atomic mass is 35.5. The first-order valence-corrected chi connectivity index (χ1v) is 6.22. The first kappa shape index (κ1) is 13.4. The van der Waals surface area contributed by atoms with Gasteiger partial charge in [-0.25, -0.2) is 4.79 Å². The first-order valence-electron chi connectivity index (χ1n) is 5.84. The highest BCUT2D eigenvalue weighted by Crippen LogP contribution is 2.25. The van der Waals surface area contributed by atoms with Crippen LogP contribution >= 0.6 is 11.6 Å². The van der Waals surface area contributed by atoms with E-state index in [1.165, 1.54) is 0 Å². The molecule has 4 heteroatoms. The minimum Gasteiger partial charge on any atom is -0.478 e. The predicted molar refractivity (Wildman–Crippen MR) is 77.6 cm³/mol. The average molecular weight is 276 g/mol. The van der Waals surface area contributed by atoms with Gasteiger partial charge in [0.1, 0.15) is 0 Å². The molecule has 3 nitrogen and oxygen atoms in total. The molecule has 0 heterocycles. The molecule has 0 spiro atoms. The minimum atomic E-state index is -0.954. The molecule has 0 saturated carbocycles. The highest BCUT2D eigenvalue weighted by molar-refractivity contribution is 6.31. The Morgan fingerprint density at radius 2 is 1.89 bits per heavy atom. The van der Waals surface area contributed by atoms with Crippen molar-refractivity contribution in [3.05, 3.63) is 58.1 Å². The van der Waals surface area contributed by atoms with Gasteiger partial charge in [0.05, 0.1) is 11.3 Å². The molecule has 98 valence electrons. The van der Waals surface area contributed by atoms with Crippen LogP contribution in [0.2, 0.25) is 5.02 Å². The number of hydrogen-bond donors (Lipinski definition) is 2. The van der Waals surface area contributed by atoms with Gasteiger partial charge in [-0.1, -0.05) is 29.3 Å². The van der Waals surface area contributed by atoms with Crippen LogP contribution in [-0.2, 0) is 0 Å². The van der Waals surface area contributed by atoms with Crippen LogP contribution < -0.4 is 5.32 Å². The maximum Gasteiger partial charge on any atom is 0.337 e. The molecule has 0 radical (unpaired) electrons. The van der Waals surface area contributed by atoms with E-state index >= 15 is 0 Å². The van der Waals surface area contributed by atoms with E-state index in [2.05, 4.69) is 5.32 Å². The lowest BCUT2D eigenvalue weighted by Crippen LogP contribution is -2.03. The number of nitrogens with one attached hydrogen (secondary N) is 1. The zero-order chi connectivity index (χ0) is 14.0. The van der Waals surface area contributed by atoms with Gasteiger partial charge >= 0.3 is 5.97 Å². The summed E-state index contributed by atoms with van der Waals surface area (Å²) in [5, 5.41) is 12.9. The fourth-order valence-electron chi connectivity index (χ4n) is 1.77. The number of halogens is 1. The zero-order valence-corrected chi connectivity index (χ0v) is 11.5. The van der Waals surface area contributed by atoms with Gasteiger partial charge < -0.3 is 10.4 Å². The number of hydrogen-bond acceptors (Lipinski definition) is 2. The number of carboxylic acids is 1.